The van der Waals surface area contributed by atoms with Gasteiger partial charge in [-0.15, -0.1) is 0 Å². The largest absolute Gasteiger partial charge is 0.379 e. The summed E-state index contributed by atoms with van der Waals surface area (Å²) in [5.41, 5.74) is 0. The minimum absolute atomic E-state index is 0.475. The molecule has 2 unspecified atom stereocenters. The molecule has 1 saturated heterocycles. The van der Waals surface area contributed by atoms with Gasteiger partial charge in [0.05, 0.1) is 20.3 Å². The van der Waals surface area contributed by atoms with Crippen LogP contribution in [-0.2, 0) is 9.57 Å². The maximum Gasteiger partial charge on any atom is 0.0623 e. The van der Waals surface area contributed by atoms with E-state index in [4.69, 9.17) is 9.57 Å². The minimum atomic E-state index is 0.475. The summed E-state index contributed by atoms with van der Waals surface area (Å²) < 4.78 is 5.36. The molecule has 1 heterocycles. The van der Waals surface area contributed by atoms with E-state index in [0.29, 0.717) is 12.0 Å². The topological polar surface area (TPSA) is 33.7 Å². The summed E-state index contributed by atoms with van der Waals surface area (Å²) in [6, 6.07) is 0.475. The molecule has 0 aliphatic carbocycles. The van der Waals surface area contributed by atoms with E-state index in [2.05, 4.69) is 5.32 Å². The van der Waals surface area contributed by atoms with E-state index in [1.807, 2.05) is 19.2 Å². The lowest BCUT2D eigenvalue weighted by atomic mass is 10.0. The van der Waals surface area contributed by atoms with Crippen molar-refractivity contribution in [3.8, 4) is 0 Å². The summed E-state index contributed by atoms with van der Waals surface area (Å²) in [6.45, 7) is 2.57. The molecule has 0 saturated carbocycles. The van der Waals surface area contributed by atoms with Gasteiger partial charge in [-0.05, 0) is 7.05 Å². The molecule has 0 spiro atoms. The fraction of sp³-hybridized carbons (Fsp3) is 1.00. The van der Waals surface area contributed by atoms with Crippen LogP contribution in [0.5, 0.6) is 0 Å². The molecule has 0 bridgehead atoms. The molecule has 1 aliphatic rings. The Hall–Kier alpha value is -0.160. The Bertz CT molecular complexity index is 132. The number of hydrogen-bond donors (Lipinski definition) is 1. The smallest absolute Gasteiger partial charge is 0.0623 e. The molecule has 12 heavy (non-hydrogen) atoms. The monoisotopic (exact) mass is 174 g/mol. The van der Waals surface area contributed by atoms with Crippen molar-refractivity contribution in [1.82, 2.24) is 10.4 Å². The van der Waals surface area contributed by atoms with E-state index in [-0.39, 0.29) is 0 Å². The zero-order valence-electron chi connectivity index (χ0n) is 8.04. The van der Waals surface area contributed by atoms with Crippen LogP contribution in [0.3, 0.4) is 0 Å². The molecule has 1 fully saturated rings. The average Bonchev–Trinajstić information content (AvgIpc) is 2.51. The predicted molar refractivity (Wildman–Crippen MR) is 46.8 cm³/mol. The van der Waals surface area contributed by atoms with Crippen LogP contribution in [0.25, 0.3) is 0 Å². The molecule has 0 aromatic carbocycles. The van der Waals surface area contributed by atoms with Crippen molar-refractivity contribution in [1.29, 1.82) is 0 Å². The van der Waals surface area contributed by atoms with Crippen molar-refractivity contribution in [2.75, 3.05) is 41.0 Å². The van der Waals surface area contributed by atoms with Crippen molar-refractivity contribution in [2.45, 2.75) is 6.04 Å². The third-order valence-electron chi connectivity index (χ3n) is 2.37. The van der Waals surface area contributed by atoms with Gasteiger partial charge in [-0.1, -0.05) is 0 Å². The lowest BCUT2D eigenvalue weighted by Gasteiger charge is -2.21. The van der Waals surface area contributed by atoms with Crippen LogP contribution in [0.1, 0.15) is 0 Å². The lowest BCUT2D eigenvalue weighted by Crippen LogP contribution is -2.38. The number of rotatable bonds is 4. The second-order valence-electron chi connectivity index (χ2n) is 3.19. The van der Waals surface area contributed by atoms with Gasteiger partial charge in [0.1, 0.15) is 0 Å². The quantitative estimate of drug-likeness (QED) is 0.594. The molecule has 4 heteroatoms. The van der Waals surface area contributed by atoms with Crippen LogP contribution >= 0.6 is 0 Å². The Labute approximate surface area is 73.8 Å². The minimum Gasteiger partial charge on any atom is -0.379 e. The summed E-state index contributed by atoms with van der Waals surface area (Å²) in [7, 11) is 5.59. The zero-order chi connectivity index (χ0) is 8.97. The summed E-state index contributed by atoms with van der Waals surface area (Å²) in [5.74, 6) is 0.542. The molecule has 0 aromatic rings. The molecule has 1 rings (SSSR count). The summed E-state index contributed by atoms with van der Waals surface area (Å²) in [6.07, 6.45) is 0. The van der Waals surface area contributed by atoms with E-state index in [0.717, 1.165) is 19.8 Å². The molecule has 0 amide bonds. The second-order valence-corrected chi connectivity index (χ2v) is 3.19. The van der Waals surface area contributed by atoms with E-state index >= 15 is 0 Å². The van der Waals surface area contributed by atoms with Crippen LogP contribution < -0.4 is 5.32 Å². The third-order valence-corrected chi connectivity index (χ3v) is 2.37. The SMILES string of the molecule is CNC1COCC1CN(C)OC. The molecular formula is C8H18N2O2. The second kappa shape index (κ2) is 4.77. The van der Waals surface area contributed by atoms with Gasteiger partial charge in [-0.2, -0.15) is 5.06 Å². The lowest BCUT2D eigenvalue weighted by molar-refractivity contribution is -0.119. The molecular weight excluding hydrogens is 156 g/mol. The summed E-state index contributed by atoms with van der Waals surface area (Å²) in [4.78, 5) is 5.05. The van der Waals surface area contributed by atoms with Gasteiger partial charge in [-0.3, -0.25) is 0 Å². The number of nitrogens with one attached hydrogen (secondary N) is 1. The highest BCUT2D eigenvalue weighted by molar-refractivity contribution is 4.80. The molecule has 72 valence electrons. The van der Waals surface area contributed by atoms with Crippen molar-refractivity contribution in [3.63, 3.8) is 0 Å². The van der Waals surface area contributed by atoms with Gasteiger partial charge >= 0.3 is 0 Å². The van der Waals surface area contributed by atoms with Crippen molar-refractivity contribution in [3.05, 3.63) is 0 Å². The van der Waals surface area contributed by atoms with Crippen LogP contribution in [-0.4, -0.2) is 52.1 Å². The maximum absolute atomic E-state index is 5.36. The average molecular weight is 174 g/mol. The first-order valence-corrected chi connectivity index (χ1v) is 4.28. The Morgan fingerprint density at radius 3 is 2.92 bits per heavy atom. The fourth-order valence-corrected chi connectivity index (χ4v) is 1.50. The molecule has 0 aromatic heterocycles. The Kier molecular flexibility index (Phi) is 3.94. The Morgan fingerprint density at radius 2 is 2.33 bits per heavy atom. The van der Waals surface area contributed by atoms with Gasteiger partial charge in [0.25, 0.3) is 0 Å². The van der Waals surface area contributed by atoms with E-state index in [1.165, 1.54) is 0 Å². The first-order valence-electron chi connectivity index (χ1n) is 4.28. The zero-order valence-corrected chi connectivity index (χ0v) is 8.04. The van der Waals surface area contributed by atoms with Gasteiger partial charge in [0.2, 0.25) is 0 Å². The van der Waals surface area contributed by atoms with Gasteiger partial charge in [0, 0.05) is 25.6 Å². The standard InChI is InChI=1S/C8H18N2O2/c1-9-8-6-12-5-7(8)4-10(2)11-3/h7-9H,4-6H2,1-3H3. The fourth-order valence-electron chi connectivity index (χ4n) is 1.50. The first kappa shape index (κ1) is 9.92. The molecule has 1 N–H and O–H groups in total. The first-order chi connectivity index (χ1) is 5.77. The Morgan fingerprint density at radius 1 is 1.58 bits per heavy atom. The number of hydrogen-bond acceptors (Lipinski definition) is 4. The summed E-state index contributed by atoms with van der Waals surface area (Å²) >= 11 is 0. The highest BCUT2D eigenvalue weighted by Crippen LogP contribution is 2.13. The maximum atomic E-state index is 5.36. The number of hydroxylamine groups is 2. The van der Waals surface area contributed by atoms with Crippen molar-refractivity contribution >= 4 is 0 Å². The number of nitrogens with zero attached hydrogens (tertiary/aromatic N) is 1. The highest BCUT2D eigenvalue weighted by Gasteiger charge is 2.27. The normalized spacial score (nSPS) is 30.0. The predicted octanol–water partition coefficient (Wildman–Crippen LogP) is -0.286. The van der Waals surface area contributed by atoms with Gasteiger partial charge in [0.15, 0.2) is 0 Å². The van der Waals surface area contributed by atoms with Crippen LogP contribution in [0.2, 0.25) is 0 Å². The molecule has 0 radical (unpaired) electrons. The van der Waals surface area contributed by atoms with Gasteiger partial charge < -0.3 is 14.9 Å². The van der Waals surface area contributed by atoms with Crippen molar-refractivity contribution in [2.24, 2.45) is 5.92 Å². The van der Waals surface area contributed by atoms with E-state index in [1.54, 1.807) is 7.11 Å². The molecule has 1 aliphatic heterocycles. The van der Waals surface area contributed by atoms with E-state index in [9.17, 15) is 0 Å². The van der Waals surface area contributed by atoms with Crippen LogP contribution in [0, 0.1) is 5.92 Å². The Balaban J connectivity index is 2.30. The molecule has 4 nitrogen and oxygen atoms in total. The number of likely N-dealkylation sites (N-methyl/N-ethyl adjacent to an activating group) is 1. The number of ether oxygens (including phenoxy) is 1. The third kappa shape index (κ3) is 2.42. The van der Waals surface area contributed by atoms with Gasteiger partial charge in [-0.25, -0.2) is 0 Å². The van der Waals surface area contributed by atoms with Crippen LogP contribution in [0.4, 0.5) is 0 Å². The van der Waals surface area contributed by atoms with Crippen molar-refractivity contribution < 1.29 is 9.57 Å². The van der Waals surface area contributed by atoms with E-state index < -0.39 is 0 Å². The molecule has 2 atom stereocenters. The summed E-state index contributed by atoms with van der Waals surface area (Å²) in [5, 5.41) is 5.07. The highest BCUT2D eigenvalue weighted by atomic mass is 16.7. The van der Waals surface area contributed by atoms with Crippen LogP contribution in [0.15, 0.2) is 0 Å².